The summed E-state index contributed by atoms with van der Waals surface area (Å²) in [4.78, 5) is 9.19. The maximum absolute atomic E-state index is 10.1. The summed E-state index contributed by atoms with van der Waals surface area (Å²) in [5.74, 6) is 0.298. The largest absolute Gasteiger partial charge is 0.504 e. The van der Waals surface area contributed by atoms with Gasteiger partial charge in [0.1, 0.15) is 0 Å². The molecule has 2 atom stereocenters. The predicted octanol–water partition coefficient (Wildman–Crippen LogP) is 2.60. The van der Waals surface area contributed by atoms with Crippen LogP contribution in [0, 0.1) is 0 Å². The van der Waals surface area contributed by atoms with Crippen LogP contribution in [0.5, 0.6) is 11.5 Å². The number of rotatable bonds is 6. The molecule has 3 aromatic rings. The lowest BCUT2D eigenvalue weighted by Gasteiger charge is -2.29. The highest BCUT2D eigenvalue weighted by molar-refractivity contribution is 6.32. The van der Waals surface area contributed by atoms with Crippen molar-refractivity contribution in [2.75, 3.05) is 10.6 Å². The van der Waals surface area contributed by atoms with Gasteiger partial charge in [-0.3, -0.25) is 0 Å². The maximum Gasteiger partial charge on any atom is 0.227 e. The van der Waals surface area contributed by atoms with Crippen molar-refractivity contribution >= 4 is 34.5 Å². The first-order valence-corrected chi connectivity index (χ1v) is 10.4. The Hall–Kier alpha value is -2.85. The predicted molar refractivity (Wildman–Crippen MR) is 115 cm³/mol. The van der Waals surface area contributed by atoms with Gasteiger partial charge in [-0.25, -0.2) is 4.68 Å². The minimum atomic E-state index is -0.352. The second-order valence-corrected chi connectivity index (χ2v) is 7.84. The van der Waals surface area contributed by atoms with Crippen LogP contribution in [0.1, 0.15) is 38.2 Å². The number of aromatic hydroxyl groups is 2. The first kappa shape index (κ1) is 20.4. The topological polar surface area (TPSA) is 147 Å². The van der Waals surface area contributed by atoms with E-state index in [1.807, 2.05) is 6.92 Å². The van der Waals surface area contributed by atoms with E-state index in [4.69, 9.17) is 17.3 Å². The van der Waals surface area contributed by atoms with Gasteiger partial charge < -0.3 is 26.6 Å². The van der Waals surface area contributed by atoms with E-state index < -0.39 is 0 Å². The van der Waals surface area contributed by atoms with Crippen LogP contribution in [0.4, 0.5) is 11.8 Å². The van der Waals surface area contributed by atoms with Gasteiger partial charge in [-0.1, -0.05) is 35.7 Å². The normalized spacial score (nSPS) is 19.2. The van der Waals surface area contributed by atoms with Crippen molar-refractivity contribution in [1.29, 1.82) is 0 Å². The lowest BCUT2D eigenvalue weighted by atomic mass is 9.91. The second-order valence-electron chi connectivity index (χ2n) is 7.43. The Bertz CT molecular complexity index is 1060. The Balaban J connectivity index is 1.64. The standard InChI is InChI=1S/C19H25ClN8O2/c1-2-28-18-14(26-27-28)17(22-9-10-7-8-11(20)16(30)15(10)29)24-19(25-18)23-13-6-4-3-5-12(13)21/h7-8,12-13,29-30H,2-6,9,21H2,1H3,(H2,22,23,24,25). The maximum atomic E-state index is 10.1. The van der Waals surface area contributed by atoms with Crippen molar-refractivity contribution in [3.63, 3.8) is 0 Å². The average molecular weight is 433 g/mol. The van der Waals surface area contributed by atoms with Gasteiger partial charge in [-0.15, -0.1) is 5.10 Å². The van der Waals surface area contributed by atoms with Crippen LogP contribution in [0.15, 0.2) is 12.1 Å². The molecule has 10 nitrogen and oxygen atoms in total. The summed E-state index contributed by atoms with van der Waals surface area (Å²) in [6.07, 6.45) is 4.19. The molecule has 1 aliphatic carbocycles. The van der Waals surface area contributed by atoms with E-state index in [2.05, 4.69) is 30.9 Å². The summed E-state index contributed by atoms with van der Waals surface area (Å²) in [5.41, 5.74) is 7.86. The number of fused-ring (bicyclic) bond motifs is 1. The van der Waals surface area contributed by atoms with E-state index >= 15 is 0 Å². The van der Waals surface area contributed by atoms with Gasteiger partial charge in [0.2, 0.25) is 5.95 Å². The molecule has 30 heavy (non-hydrogen) atoms. The van der Waals surface area contributed by atoms with Crippen molar-refractivity contribution < 1.29 is 10.2 Å². The summed E-state index contributed by atoms with van der Waals surface area (Å²) in [6, 6.07) is 3.31. The summed E-state index contributed by atoms with van der Waals surface area (Å²) in [5, 5.41) is 35.0. The molecule has 1 fully saturated rings. The first-order valence-electron chi connectivity index (χ1n) is 10.0. The highest BCUT2D eigenvalue weighted by atomic mass is 35.5. The molecule has 0 radical (unpaired) electrons. The van der Waals surface area contributed by atoms with Gasteiger partial charge in [0.25, 0.3) is 0 Å². The van der Waals surface area contributed by atoms with Crippen LogP contribution in [-0.2, 0) is 13.1 Å². The number of aryl methyl sites for hydroxylation is 1. The van der Waals surface area contributed by atoms with Crippen LogP contribution >= 0.6 is 11.6 Å². The number of nitrogens with zero attached hydrogens (tertiary/aromatic N) is 5. The van der Waals surface area contributed by atoms with E-state index in [1.165, 1.54) is 6.07 Å². The number of aromatic nitrogens is 5. The van der Waals surface area contributed by atoms with Crippen LogP contribution in [0.2, 0.25) is 5.02 Å². The van der Waals surface area contributed by atoms with Gasteiger partial charge in [-0.05, 0) is 25.8 Å². The average Bonchev–Trinajstić information content (AvgIpc) is 3.16. The Morgan fingerprint density at radius 2 is 2.00 bits per heavy atom. The lowest BCUT2D eigenvalue weighted by Crippen LogP contribution is -2.43. The smallest absolute Gasteiger partial charge is 0.227 e. The third kappa shape index (κ3) is 3.92. The number of hydrogen-bond donors (Lipinski definition) is 5. The molecule has 1 aromatic carbocycles. The fraction of sp³-hybridized carbons (Fsp3) is 0.474. The van der Waals surface area contributed by atoms with Crippen molar-refractivity contribution in [3.8, 4) is 11.5 Å². The molecular weight excluding hydrogens is 408 g/mol. The van der Waals surface area contributed by atoms with Crippen LogP contribution in [0.3, 0.4) is 0 Å². The molecular formula is C19H25ClN8O2. The second kappa shape index (κ2) is 8.49. The minimum absolute atomic E-state index is 0.0534. The monoisotopic (exact) mass is 432 g/mol. The fourth-order valence-corrected chi connectivity index (χ4v) is 3.83. The molecule has 0 amide bonds. The zero-order chi connectivity index (χ0) is 21.3. The molecule has 2 unspecified atom stereocenters. The first-order chi connectivity index (χ1) is 14.5. The van der Waals surface area contributed by atoms with Crippen LogP contribution in [-0.4, -0.2) is 47.3 Å². The zero-order valence-electron chi connectivity index (χ0n) is 16.6. The molecule has 11 heteroatoms. The Morgan fingerprint density at radius 3 is 2.77 bits per heavy atom. The van der Waals surface area contributed by atoms with E-state index in [1.54, 1.807) is 10.7 Å². The third-order valence-electron chi connectivity index (χ3n) is 5.43. The molecule has 0 aliphatic heterocycles. The number of halogens is 1. The number of benzene rings is 1. The Kier molecular flexibility index (Phi) is 5.78. The van der Waals surface area contributed by atoms with Gasteiger partial charge >= 0.3 is 0 Å². The van der Waals surface area contributed by atoms with Gasteiger partial charge in [0, 0.05) is 30.7 Å². The molecule has 2 aromatic heterocycles. The zero-order valence-corrected chi connectivity index (χ0v) is 17.4. The van der Waals surface area contributed by atoms with Crippen molar-refractivity contribution in [2.45, 2.75) is 57.8 Å². The third-order valence-corrected chi connectivity index (χ3v) is 5.73. The lowest BCUT2D eigenvalue weighted by molar-refractivity contribution is 0.400. The quantitative estimate of drug-likeness (QED) is 0.370. The van der Waals surface area contributed by atoms with Gasteiger partial charge in [-0.2, -0.15) is 9.97 Å². The summed E-state index contributed by atoms with van der Waals surface area (Å²) < 4.78 is 1.69. The van der Waals surface area contributed by atoms with Crippen LogP contribution in [0.25, 0.3) is 11.2 Å². The van der Waals surface area contributed by atoms with Crippen molar-refractivity contribution in [3.05, 3.63) is 22.7 Å². The van der Waals surface area contributed by atoms with Gasteiger partial charge in [0.15, 0.2) is 28.5 Å². The number of nitrogens with two attached hydrogens (primary N) is 1. The van der Waals surface area contributed by atoms with E-state index in [9.17, 15) is 10.2 Å². The molecule has 4 rings (SSSR count). The number of phenols is 2. The Labute approximate surface area is 178 Å². The highest BCUT2D eigenvalue weighted by Gasteiger charge is 2.24. The van der Waals surface area contributed by atoms with E-state index in [-0.39, 0.29) is 35.2 Å². The summed E-state index contributed by atoms with van der Waals surface area (Å²) >= 11 is 5.83. The van der Waals surface area contributed by atoms with E-state index in [0.717, 1.165) is 25.7 Å². The molecule has 0 bridgehead atoms. The molecule has 1 aliphatic rings. The number of phenolic OH excluding ortho intramolecular Hbond substituents is 2. The van der Waals surface area contributed by atoms with Crippen LogP contribution < -0.4 is 16.4 Å². The number of nitrogens with one attached hydrogen (secondary N) is 2. The molecule has 0 spiro atoms. The highest BCUT2D eigenvalue weighted by Crippen LogP contribution is 2.36. The molecule has 1 saturated carbocycles. The number of hydrogen-bond acceptors (Lipinski definition) is 9. The summed E-state index contributed by atoms with van der Waals surface area (Å²) in [7, 11) is 0. The minimum Gasteiger partial charge on any atom is -0.504 e. The summed E-state index contributed by atoms with van der Waals surface area (Å²) in [6.45, 7) is 2.77. The SMILES string of the molecule is CCn1nnc2c(NCc3ccc(Cl)c(O)c3O)nc(NC3CCCCC3N)nc21. The van der Waals surface area contributed by atoms with Gasteiger partial charge in [0.05, 0.1) is 5.02 Å². The molecule has 6 N–H and O–H groups in total. The van der Waals surface area contributed by atoms with E-state index in [0.29, 0.717) is 35.0 Å². The fourth-order valence-electron chi connectivity index (χ4n) is 3.68. The van der Waals surface area contributed by atoms with Crippen molar-refractivity contribution in [1.82, 2.24) is 25.0 Å². The van der Waals surface area contributed by atoms with Crippen molar-refractivity contribution in [2.24, 2.45) is 5.73 Å². The molecule has 160 valence electrons. The molecule has 2 heterocycles. The molecule has 0 saturated heterocycles. The Morgan fingerprint density at radius 1 is 1.20 bits per heavy atom. The number of anilines is 2.